The SMILES string of the molecule is COc1nccn2cnc(C=O)c12. The molecule has 0 radical (unpaired) electrons. The maximum absolute atomic E-state index is 10.6. The van der Waals surface area contributed by atoms with E-state index in [2.05, 4.69) is 9.97 Å². The predicted molar refractivity (Wildman–Crippen MR) is 44.9 cm³/mol. The number of carbonyl (C=O) groups is 1. The average molecular weight is 177 g/mol. The van der Waals surface area contributed by atoms with Crippen LogP contribution in [0.4, 0.5) is 0 Å². The smallest absolute Gasteiger partial charge is 0.240 e. The van der Waals surface area contributed by atoms with Crippen molar-refractivity contribution in [3.05, 3.63) is 24.4 Å². The summed E-state index contributed by atoms with van der Waals surface area (Å²) in [5.74, 6) is 0.405. The summed E-state index contributed by atoms with van der Waals surface area (Å²) in [6, 6.07) is 0. The fourth-order valence-electron chi connectivity index (χ4n) is 1.18. The molecule has 2 aromatic heterocycles. The molecule has 0 bridgehead atoms. The zero-order chi connectivity index (χ0) is 9.26. The molecular formula is C8H7N3O2. The molecule has 0 aliphatic carbocycles. The molecule has 0 atom stereocenters. The van der Waals surface area contributed by atoms with E-state index in [1.165, 1.54) is 7.11 Å². The van der Waals surface area contributed by atoms with Gasteiger partial charge in [0.15, 0.2) is 6.29 Å². The zero-order valence-electron chi connectivity index (χ0n) is 6.97. The third-order valence-corrected chi connectivity index (χ3v) is 1.75. The molecule has 0 aliphatic rings. The number of fused-ring (bicyclic) bond motifs is 1. The Bertz CT molecular complexity index is 450. The first-order chi connectivity index (χ1) is 6.36. The van der Waals surface area contributed by atoms with E-state index in [1.807, 2.05) is 0 Å². The van der Waals surface area contributed by atoms with Gasteiger partial charge in [0, 0.05) is 12.4 Å². The highest BCUT2D eigenvalue weighted by atomic mass is 16.5. The van der Waals surface area contributed by atoms with E-state index in [-0.39, 0.29) is 0 Å². The highest BCUT2D eigenvalue weighted by Crippen LogP contribution is 2.17. The summed E-state index contributed by atoms with van der Waals surface area (Å²) < 4.78 is 6.69. The summed E-state index contributed by atoms with van der Waals surface area (Å²) in [7, 11) is 1.50. The van der Waals surface area contributed by atoms with Gasteiger partial charge in [-0.15, -0.1) is 0 Å². The number of rotatable bonds is 2. The Hall–Kier alpha value is -1.91. The lowest BCUT2D eigenvalue weighted by atomic mass is 10.4. The van der Waals surface area contributed by atoms with Gasteiger partial charge in [-0.2, -0.15) is 0 Å². The molecule has 66 valence electrons. The van der Waals surface area contributed by atoms with Crippen molar-refractivity contribution in [1.29, 1.82) is 0 Å². The van der Waals surface area contributed by atoms with Crippen LogP contribution >= 0.6 is 0 Å². The number of methoxy groups -OCH3 is 1. The van der Waals surface area contributed by atoms with Crippen molar-refractivity contribution in [2.24, 2.45) is 0 Å². The molecule has 5 heteroatoms. The van der Waals surface area contributed by atoms with E-state index >= 15 is 0 Å². The highest BCUT2D eigenvalue weighted by molar-refractivity contribution is 5.85. The lowest BCUT2D eigenvalue weighted by Crippen LogP contribution is -1.93. The second-order valence-electron chi connectivity index (χ2n) is 2.44. The molecule has 0 fully saturated rings. The lowest BCUT2D eigenvalue weighted by Gasteiger charge is -2.00. The van der Waals surface area contributed by atoms with Crippen LogP contribution < -0.4 is 4.74 Å². The number of hydrogen-bond donors (Lipinski definition) is 0. The van der Waals surface area contributed by atoms with Gasteiger partial charge in [-0.3, -0.25) is 9.20 Å². The van der Waals surface area contributed by atoms with Gasteiger partial charge < -0.3 is 4.74 Å². The molecule has 5 nitrogen and oxygen atoms in total. The third-order valence-electron chi connectivity index (χ3n) is 1.75. The molecule has 0 unspecified atom stereocenters. The molecule has 2 aromatic rings. The minimum Gasteiger partial charge on any atom is -0.479 e. The van der Waals surface area contributed by atoms with Gasteiger partial charge in [0.1, 0.15) is 17.5 Å². The number of hydrogen-bond acceptors (Lipinski definition) is 4. The summed E-state index contributed by atoms with van der Waals surface area (Å²) in [5, 5.41) is 0. The highest BCUT2D eigenvalue weighted by Gasteiger charge is 2.09. The maximum atomic E-state index is 10.6. The molecule has 0 aromatic carbocycles. The molecular weight excluding hydrogens is 170 g/mol. The standard InChI is InChI=1S/C8H7N3O2/c1-13-8-7-6(4-12)10-5-11(7)3-2-9-8/h2-5H,1H3. The van der Waals surface area contributed by atoms with Crippen LogP contribution in [0.1, 0.15) is 10.5 Å². The second kappa shape index (κ2) is 2.85. The normalized spacial score (nSPS) is 10.2. The van der Waals surface area contributed by atoms with Crippen molar-refractivity contribution in [3.8, 4) is 5.88 Å². The Morgan fingerprint density at radius 3 is 3.08 bits per heavy atom. The van der Waals surface area contributed by atoms with Gasteiger partial charge in [0.05, 0.1) is 7.11 Å². The Labute approximate surface area is 74.0 Å². The van der Waals surface area contributed by atoms with E-state index in [0.29, 0.717) is 23.4 Å². The lowest BCUT2D eigenvalue weighted by molar-refractivity contribution is 0.112. The molecule has 0 spiro atoms. The number of aromatic nitrogens is 3. The van der Waals surface area contributed by atoms with Crippen LogP contribution in [-0.4, -0.2) is 27.8 Å². The molecule has 13 heavy (non-hydrogen) atoms. The molecule has 2 rings (SSSR count). The average Bonchev–Trinajstić information content (AvgIpc) is 2.60. The van der Waals surface area contributed by atoms with Crippen LogP contribution in [-0.2, 0) is 0 Å². The number of imidazole rings is 1. The summed E-state index contributed by atoms with van der Waals surface area (Å²) in [5.41, 5.74) is 0.935. The van der Waals surface area contributed by atoms with Gasteiger partial charge in [-0.05, 0) is 0 Å². The van der Waals surface area contributed by atoms with Crippen molar-refractivity contribution in [2.45, 2.75) is 0 Å². The van der Waals surface area contributed by atoms with Gasteiger partial charge in [0.25, 0.3) is 0 Å². The minimum atomic E-state index is 0.338. The largest absolute Gasteiger partial charge is 0.479 e. The number of aldehydes is 1. The molecule has 0 saturated heterocycles. The van der Waals surface area contributed by atoms with Gasteiger partial charge >= 0.3 is 0 Å². The quantitative estimate of drug-likeness (QED) is 0.628. The molecule has 2 heterocycles. The van der Waals surface area contributed by atoms with Crippen LogP contribution in [0, 0.1) is 0 Å². The number of ether oxygens (including phenoxy) is 1. The topological polar surface area (TPSA) is 56.5 Å². The van der Waals surface area contributed by atoms with Crippen LogP contribution in [0.15, 0.2) is 18.7 Å². The van der Waals surface area contributed by atoms with E-state index in [1.54, 1.807) is 23.1 Å². The predicted octanol–water partition coefficient (Wildman–Crippen LogP) is 0.550. The van der Waals surface area contributed by atoms with Crippen molar-refractivity contribution in [1.82, 2.24) is 14.4 Å². The van der Waals surface area contributed by atoms with Crippen LogP contribution in [0.2, 0.25) is 0 Å². The van der Waals surface area contributed by atoms with Crippen molar-refractivity contribution >= 4 is 11.8 Å². The van der Waals surface area contributed by atoms with E-state index in [4.69, 9.17) is 4.74 Å². The van der Waals surface area contributed by atoms with E-state index < -0.39 is 0 Å². The first kappa shape index (κ1) is 7.72. The second-order valence-corrected chi connectivity index (χ2v) is 2.44. The van der Waals surface area contributed by atoms with Crippen molar-refractivity contribution < 1.29 is 9.53 Å². The summed E-state index contributed by atoms with van der Waals surface area (Å²) in [6.45, 7) is 0. The zero-order valence-corrected chi connectivity index (χ0v) is 6.97. The molecule has 0 aliphatic heterocycles. The van der Waals surface area contributed by atoms with Gasteiger partial charge in [-0.1, -0.05) is 0 Å². The molecule has 0 N–H and O–H groups in total. The third kappa shape index (κ3) is 1.05. The van der Waals surface area contributed by atoms with E-state index in [0.717, 1.165) is 0 Å². The monoisotopic (exact) mass is 177 g/mol. The summed E-state index contributed by atoms with van der Waals surface area (Å²) in [4.78, 5) is 18.5. The minimum absolute atomic E-state index is 0.338. The van der Waals surface area contributed by atoms with Crippen LogP contribution in [0.25, 0.3) is 5.52 Å². The molecule has 0 amide bonds. The Morgan fingerprint density at radius 1 is 1.54 bits per heavy atom. The Morgan fingerprint density at radius 2 is 2.38 bits per heavy atom. The van der Waals surface area contributed by atoms with Crippen molar-refractivity contribution in [3.63, 3.8) is 0 Å². The van der Waals surface area contributed by atoms with E-state index in [9.17, 15) is 4.79 Å². The maximum Gasteiger partial charge on any atom is 0.240 e. The number of nitrogens with zero attached hydrogens (tertiary/aromatic N) is 3. The van der Waals surface area contributed by atoms with Crippen LogP contribution in [0.5, 0.6) is 5.88 Å². The fourth-order valence-corrected chi connectivity index (χ4v) is 1.18. The van der Waals surface area contributed by atoms with Gasteiger partial charge in [0.2, 0.25) is 5.88 Å². The Kier molecular flexibility index (Phi) is 1.70. The number of carbonyl (C=O) groups excluding carboxylic acids is 1. The Balaban J connectivity index is 2.83. The fraction of sp³-hybridized carbons (Fsp3) is 0.125. The molecule has 0 saturated carbocycles. The van der Waals surface area contributed by atoms with Gasteiger partial charge in [-0.25, -0.2) is 9.97 Å². The summed E-state index contributed by atoms with van der Waals surface area (Å²) in [6.07, 6.45) is 5.52. The first-order valence-corrected chi connectivity index (χ1v) is 3.67. The van der Waals surface area contributed by atoms with Crippen LogP contribution in [0.3, 0.4) is 0 Å². The summed E-state index contributed by atoms with van der Waals surface area (Å²) >= 11 is 0. The first-order valence-electron chi connectivity index (χ1n) is 3.67. The van der Waals surface area contributed by atoms with Crippen molar-refractivity contribution in [2.75, 3.05) is 7.11 Å².